The van der Waals surface area contributed by atoms with Crippen LogP contribution in [-0.2, 0) is 4.79 Å². The lowest BCUT2D eigenvalue weighted by Gasteiger charge is -2.17. The topological polar surface area (TPSA) is 86.6 Å². The fourth-order valence-electron chi connectivity index (χ4n) is 0.816. The van der Waals surface area contributed by atoms with Gasteiger partial charge in [-0.2, -0.15) is 0 Å². The number of carboxylic acid groups (broad SMARTS) is 2. The lowest BCUT2D eigenvalue weighted by atomic mass is 10.00. The third-order valence-electron chi connectivity index (χ3n) is 1.76. The first-order chi connectivity index (χ1) is 5.49. The summed E-state index contributed by atoms with van der Waals surface area (Å²) >= 11 is 0. The van der Waals surface area contributed by atoms with Crippen LogP contribution in [0.1, 0.15) is 20.3 Å². The molecule has 0 aliphatic carbocycles. The first-order valence-corrected chi connectivity index (χ1v) is 3.71. The first-order valence-electron chi connectivity index (χ1n) is 3.71. The highest BCUT2D eigenvalue weighted by Gasteiger charge is 2.24. The van der Waals surface area contributed by atoms with E-state index in [4.69, 9.17) is 10.2 Å². The third-order valence-corrected chi connectivity index (χ3v) is 1.76. The minimum atomic E-state index is -1.30. The molecule has 5 heteroatoms. The van der Waals surface area contributed by atoms with Crippen molar-refractivity contribution in [3.8, 4) is 0 Å². The van der Waals surface area contributed by atoms with Crippen LogP contribution in [0.3, 0.4) is 0 Å². The predicted molar refractivity (Wildman–Crippen MR) is 42.0 cm³/mol. The van der Waals surface area contributed by atoms with Crippen LogP contribution in [0.25, 0.3) is 0 Å². The number of aliphatic carboxylic acids is 1. The van der Waals surface area contributed by atoms with Gasteiger partial charge in [0.15, 0.2) is 0 Å². The number of hydrogen-bond acceptors (Lipinski definition) is 2. The van der Waals surface area contributed by atoms with Crippen LogP contribution in [0.5, 0.6) is 0 Å². The van der Waals surface area contributed by atoms with E-state index in [1.165, 1.54) is 0 Å². The van der Waals surface area contributed by atoms with Crippen LogP contribution in [0.2, 0.25) is 0 Å². The molecule has 1 amide bonds. The van der Waals surface area contributed by atoms with Crippen molar-refractivity contribution < 1.29 is 19.8 Å². The van der Waals surface area contributed by atoms with Crippen LogP contribution >= 0.6 is 0 Å². The van der Waals surface area contributed by atoms with Gasteiger partial charge >= 0.3 is 12.1 Å². The second-order valence-electron chi connectivity index (χ2n) is 2.65. The van der Waals surface area contributed by atoms with E-state index in [9.17, 15) is 9.59 Å². The van der Waals surface area contributed by atoms with Crippen molar-refractivity contribution in [2.24, 2.45) is 5.92 Å². The minimum Gasteiger partial charge on any atom is -0.480 e. The molecule has 0 fully saturated rings. The number of rotatable bonds is 4. The van der Waals surface area contributed by atoms with E-state index in [2.05, 4.69) is 0 Å². The molecule has 3 N–H and O–H groups in total. The molecule has 0 bridgehead atoms. The van der Waals surface area contributed by atoms with Crippen molar-refractivity contribution in [1.82, 2.24) is 5.32 Å². The molecule has 0 aromatic carbocycles. The van der Waals surface area contributed by atoms with Gasteiger partial charge in [0.2, 0.25) is 0 Å². The third kappa shape index (κ3) is 3.23. The normalized spacial score (nSPS) is 14.8. The molecule has 0 radical (unpaired) electrons. The molecule has 2 unspecified atom stereocenters. The molecule has 0 aromatic rings. The van der Waals surface area contributed by atoms with Gasteiger partial charge in [-0.1, -0.05) is 20.3 Å². The van der Waals surface area contributed by atoms with E-state index < -0.39 is 18.1 Å². The highest BCUT2D eigenvalue weighted by Crippen LogP contribution is 2.07. The standard InChI is InChI=1S/C7H13NO4/c1-3-4(2)5(6(9)10)8-7(11)12/h4-5,8H,3H2,1-2H3,(H,9,10)(H,11,12). The maximum Gasteiger partial charge on any atom is 0.405 e. The summed E-state index contributed by atoms with van der Waals surface area (Å²) in [4.78, 5) is 20.7. The summed E-state index contributed by atoms with van der Waals surface area (Å²) in [6, 6.07) is -1.01. The first kappa shape index (κ1) is 10.7. The Morgan fingerprint density at radius 2 is 1.92 bits per heavy atom. The molecule has 0 heterocycles. The zero-order valence-electron chi connectivity index (χ0n) is 7.07. The molecule has 70 valence electrons. The van der Waals surface area contributed by atoms with Crippen LogP contribution < -0.4 is 5.32 Å². The van der Waals surface area contributed by atoms with E-state index >= 15 is 0 Å². The Labute approximate surface area is 70.4 Å². The Bertz CT molecular complexity index is 180. The van der Waals surface area contributed by atoms with E-state index in [0.29, 0.717) is 6.42 Å². The zero-order chi connectivity index (χ0) is 9.72. The van der Waals surface area contributed by atoms with Gasteiger partial charge < -0.3 is 15.5 Å². The fourth-order valence-corrected chi connectivity index (χ4v) is 0.816. The Hall–Kier alpha value is -1.26. The molecule has 5 nitrogen and oxygen atoms in total. The SMILES string of the molecule is CCC(C)C(NC(=O)O)C(=O)O. The molecule has 0 saturated heterocycles. The molecule has 2 atom stereocenters. The zero-order valence-corrected chi connectivity index (χ0v) is 7.07. The van der Waals surface area contributed by atoms with Gasteiger partial charge in [-0.05, 0) is 5.92 Å². The van der Waals surface area contributed by atoms with Crippen molar-refractivity contribution in [2.45, 2.75) is 26.3 Å². The Morgan fingerprint density at radius 3 is 2.17 bits per heavy atom. The maximum atomic E-state index is 10.5. The molecule has 0 saturated carbocycles. The van der Waals surface area contributed by atoms with Crippen molar-refractivity contribution in [3.63, 3.8) is 0 Å². The summed E-state index contributed by atoms with van der Waals surface area (Å²) in [7, 11) is 0. The lowest BCUT2D eigenvalue weighted by molar-refractivity contribution is -0.140. The number of hydrogen-bond donors (Lipinski definition) is 3. The number of carboxylic acids is 1. The molecular weight excluding hydrogens is 162 g/mol. The molecular formula is C7H13NO4. The van der Waals surface area contributed by atoms with E-state index in [0.717, 1.165) is 0 Å². The quantitative estimate of drug-likeness (QED) is 0.588. The lowest BCUT2D eigenvalue weighted by Crippen LogP contribution is -2.44. The summed E-state index contributed by atoms with van der Waals surface area (Å²) in [5.41, 5.74) is 0. The van der Waals surface area contributed by atoms with Crippen molar-refractivity contribution in [2.75, 3.05) is 0 Å². The van der Waals surface area contributed by atoms with E-state index in [-0.39, 0.29) is 5.92 Å². The monoisotopic (exact) mass is 175 g/mol. The molecule has 0 aromatic heterocycles. The van der Waals surface area contributed by atoms with Gasteiger partial charge in [0.25, 0.3) is 0 Å². The molecule has 0 rings (SSSR count). The predicted octanol–water partition coefficient (Wildman–Crippen LogP) is 0.753. The molecule has 0 aliphatic heterocycles. The summed E-state index contributed by atoms with van der Waals surface area (Å²) in [5, 5.41) is 18.8. The highest BCUT2D eigenvalue weighted by molar-refractivity contribution is 5.79. The summed E-state index contributed by atoms with van der Waals surface area (Å²) in [6.45, 7) is 3.50. The summed E-state index contributed by atoms with van der Waals surface area (Å²) < 4.78 is 0. The number of amides is 1. The Kier molecular flexibility index (Phi) is 4.10. The Morgan fingerprint density at radius 1 is 1.42 bits per heavy atom. The van der Waals surface area contributed by atoms with Crippen LogP contribution in [-0.4, -0.2) is 28.3 Å². The van der Waals surface area contributed by atoms with Gasteiger partial charge in [0.1, 0.15) is 6.04 Å². The van der Waals surface area contributed by atoms with Crippen molar-refractivity contribution in [3.05, 3.63) is 0 Å². The molecule has 0 spiro atoms. The smallest absolute Gasteiger partial charge is 0.405 e. The van der Waals surface area contributed by atoms with Crippen LogP contribution in [0.4, 0.5) is 4.79 Å². The number of nitrogens with one attached hydrogen (secondary N) is 1. The Balaban J connectivity index is 4.22. The van der Waals surface area contributed by atoms with Gasteiger partial charge in [0.05, 0.1) is 0 Å². The van der Waals surface area contributed by atoms with Crippen LogP contribution in [0.15, 0.2) is 0 Å². The van der Waals surface area contributed by atoms with Crippen LogP contribution in [0, 0.1) is 5.92 Å². The van der Waals surface area contributed by atoms with Crippen molar-refractivity contribution >= 4 is 12.1 Å². The molecule has 0 aliphatic rings. The van der Waals surface area contributed by atoms with Gasteiger partial charge in [-0.3, -0.25) is 0 Å². The average molecular weight is 175 g/mol. The second-order valence-corrected chi connectivity index (χ2v) is 2.65. The van der Waals surface area contributed by atoms with Crippen molar-refractivity contribution in [1.29, 1.82) is 0 Å². The number of carbonyl (C=O) groups is 2. The van der Waals surface area contributed by atoms with Gasteiger partial charge in [-0.15, -0.1) is 0 Å². The highest BCUT2D eigenvalue weighted by atomic mass is 16.4. The fraction of sp³-hybridized carbons (Fsp3) is 0.714. The average Bonchev–Trinajstić information content (AvgIpc) is 1.98. The van der Waals surface area contributed by atoms with E-state index in [1.807, 2.05) is 12.2 Å². The molecule has 12 heavy (non-hydrogen) atoms. The van der Waals surface area contributed by atoms with Gasteiger partial charge in [-0.25, -0.2) is 9.59 Å². The minimum absolute atomic E-state index is 0.196. The summed E-state index contributed by atoms with van der Waals surface area (Å²) in [5.74, 6) is -1.33. The van der Waals surface area contributed by atoms with Gasteiger partial charge in [0, 0.05) is 0 Å². The second kappa shape index (κ2) is 4.58. The maximum absolute atomic E-state index is 10.5. The summed E-state index contributed by atoms with van der Waals surface area (Å²) in [6.07, 6.45) is -0.681. The van der Waals surface area contributed by atoms with E-state index in [1.54, 1.807) is 6.92 Å². The largest absolute Gasteiger partial charge is 0.480 e.